The molecule has 0 aliphatic heterocycles. The van der Waals surface area contributed by atoms with Crippen LogP contribution in [-0.2, 0) is 31.6 Å². The third kappa shape index (κ3) is 20.3. The summed E-state index contributed by atoms with van der Waals surface area (Å²) in [5.74, 6) is -0.0462. The number of amides is 2. The number of carbonyl (C=O) groups excluding carboxylic acids is 2. The first kappa shape index (κ1) is 37.4. The number of hydrogen-bond acceptors (Lipinski definition) is 4. The predicted octanol–water partition coefficient (Wildman–Crippen LogP) is 3.81. The second kappa shape index (κ2) is 15.1. The molecule has 0 heterocycles. The van der Waals surface area contributed by atoms with Crippen LogP contribution in [0, 0.1) is 10.8 Å². The SMILES string of the molecule is CC(C)(C)C=N[S@@](=O)C(C)(C)C.CN(C)C(=O)[C@H](N[S@@](=O)C(C)(C)C)C(C)(C)C.CN(C)C=O. The predicted molar refractivity (Wildman–Crippen MR) is 149 cm³/mol. The molecular weight excluding hydrogens is 472 g/mol. The van der Waals surface area contributed by atoms with E-state index in [4.69, 9.17) is 0 Å². The van der Waals surface area contributed by atoms with Crippen LogP contribution in [0.15, 0.2) is 4.40 Å². The molecule has 0 bridgehead atoms. The maximum Gasteiger partial charge on any atom is 0.240 e. The van der Waals surface area contributed by atoms with Gasteiger partial charge >= 0.3 is 0 Å². The Hall–Kier alpha value is -1.13. The number of rotatable bonds is 5. The molecule has 0 unspecified atom stereocenters. The van der Waals surface area contributed by atoms with E-state index < -0.39 is 28.0 Å². The summed E-state index contributed by atoms with van der Waals surface area (Å²) in [7, 11) is 4.43. The standard InChI is InChI=1S/C12H26N2O2S.C9H19NOS.C3H7NO/c1-11(2,3)9(10(15)14(7)8)13-17(16)12(4,5)6;1-8(2,3)7-10-12(11)9(4,5)6;1-4(2)3-5/h9,13H,1-8H3;7H,1-6H3;3H,1-2H3/t9-,17-;12-;/m00./s1. The lowest BCUT2D eigenvalue weighted by atomic mass is 9.87. The first-order valence-corrected chi connectivity index (χ1v) is 13.5. The summed E-state index contributed by atoms with van der Waals surface area (Å²) >= 11 is 0. The molecule has 0 rings (SSSR count). The molecule has 0 aromatic rings. The minimum Gasteiger partial charge on any atom is -0.351 e. The normalized spacial score (nSPS) is 15.2. The van der Waals surface area contributed by atoms with Gasteiger partial charge in [-0.25, -0.2) is 13.1 Å². The van der Waals surface area contributed by atoms with Crippen LogP contribution in [0.3, 0.4) is 0 Å². The van der Waals surface area contributed by atoms with Crippen LogP contribution >= 0.6 is 0 Å². The average Bonchev–Trinajstić information content (AvgIpc) is 2.60. The van der Waals surface area contributed by atoms with Gasteiger partial charge in [-0.1, -0.05) is 41.5 Å². The van der Waals surface area contributed by atoms with E-state index in [1.807, 2.05) is 83.1 Å². The van der Waals surface area contributed by atoms with Gasteiger partial charge in [-0.2, -0.15) is 4.40 Å². The van der Waals surface area contributed by atoms with Crippen molar-refractivity contribution in [1.29, 1.82) is 0 Å². The molecule has 0 aromatic heterocycles. The lowest BCUT2D eigenvalue weighted by molar-refractivity contribution is -0.132. The van der Waals surface area contributed by atoms with Crippen molar-refractivity contribution in [2.75, 3.05) is 28.2 Å². The molecule has 34 heavy (non-hydrogen) atoms. The highest BCUT2D eigenvalue weighted by molar-refractivity contribution is 7.85. The monoisotopic (exact) mass is 524 g/mol. The van der Waals surface area contributed by atoms with Crippen molar-refractivity contribution < 1.29 is 18.0 Å². The van der Waals surface area contributed by atoms with Gasteiger partial charge in [-0.05, 0) is 52.4 Å². The van der Waals surface area contributed by atoms with E-state index in [9.17, 15) is 18.0 Å². The number of hydrogen-bond donors (Lipinski definition) is 1. The molecule has 0 spiro atoms. The molecule has 0 radical (unpaired) electrons. The van der Waals surface area contributed by atoms with Gasteiger partial charge in [0.05, 0.1) is 20.5 Å². The smallest absolute Gasteiger partial charge is 0.240 e. The Kier molecular flexibility index (Phi) is 16.6. The highest BCUT2D eigenvalue weighted by Gasteiger charge is 2.35. The third-order valence-corrected chi connectivity index (χ3v) is 6.51. The van der Waals surface area contributed by atoms with Crippen LogP contribution < -0.4 is 4.72 Å². The lowest BCUT2D eigenvalue weighted by Crippen LogP contribution is -2.54. The topological polar surface area (TPSA) is 99.2 Å². The number of likely N-dealkylation sites (N-methyl/N-ethyl adjacent to an activating group) is 1. The Morgan fingerprint density at radius 2 is 1.21 bits per heavy atom. The van der Waals surface area contributed by atoms with Gasteiger partial charge in [0.1, 0.15) is 17.0 Å². The molecule has 0 aromatic carbocycles. The van der Waals surface area contributed by atoms with E-state index in [0.29, 0.717) is 0 Å². The summed E-state index contributed by atoms with van der Waals surface area (Å²) in [5.41, 5.74) is -0.261. The zero-order chi connectivity index (χ0) is 28.3. The maximum absolute atomic E-state index is 12.1. The third-order valence-electron chi connectivity index (χ3n) is 3.61. The summed E-state index contributed by atoms with van der Waals surface area (Å²) in [4.78, 5) is 24.5. The van der Waals surface area contributed by atoms with E-state index in [2.05, 4.69) is 9.12 Å². The molecule has 0 aliphatic rings. The Labute approximate surface area is 214 Å². The van der Waals surface area contributed by atoms with Gasteiger partial charge in [0.25, 0.3) is 0 Å². The quantitative estimate of drug-likeness (QED) is 0.437. The molecular formula is C24H52N4O4S2. The van der Waals surface area contributed by atoms with Crippen LogP contribution in [0.4, 0.5) is 0 Å². The van der Waals surface area contributed by atoms with E-state index in [-0.39, 0.29) is 26.2 Å². The number of nitrogens with one attached hydrogen (secondary N) is 1. The minimum atomic E-state index is -1.25. The van der Waals surface area contributed by atoms with Crippen LogP contribution in [0.2, 0.25) is 0 Å². The van der Waals surface area contributed by atoms with Gasteiger partial charge in [-0.3, -0.25) is 9.59 Å². The van der Waals surface area contributed by atoms with Crippen molar-refractivity contribution in [1.82, 2.24) is 14.5 Å². The molecule has 0 aliphatic carbocycles. The zero-order valence-electron chi connectivity index (χ0n) is 24.5. The fraction of sp³-hybridized carbons (Fsp3) is 0.875. The van der Waals surface area contributed by atoms with Crippen molar-refractivity contribution in [3.63, 3.8) is 0 Å². The molecule has 2 amide bonds. The minimum absolute atomic E-state index is 0.0148. The highest BCUT2D eigenvalue weighted by atomic mass is 32.2. The first-order chi connectivity index (χ1) is 14.8. The van der Waals surface area contributed by atoms with E-state index >= 15 is 0 Å². The molecule has 0 fully saturated rings. The highest BCUT2D eigenvalue weighted by Crippen LogP contribution is 2.22. The first-order valence-electron chi connectivity index (χ1n) is 11.3. The Morgan fingerprint density at radius 3 is 1.41 bits per heavy atom. The largest absolute Gasteiger partial charge is 0.351 e. The lowest BCUT2D eigenvalue weighted by Gasteiger charge is -2.33. The van der Waals surface area contributed by atoms with Crippen LogP contribution in [0.5, 0.6) is 0 Å². The number of carbonyl (C=O) groups is 2. The maximum atomic E-state index is 12.1. The van der Waals surface area contributed by atoms with E-state index in [0.717, 1.165) is 6.41 Å². The second-order valence-electron chi connectivity index (χ2n) is 12.6. The number of nitrogens with zero attached hydrogens (tertiary/aromatic N) is 3. The van der Waals surface area contributed by atoms with E-state index in [1.54, 1.807) is 34.4 Å². The zero-order valence-corrected chi connectivity index (χ0v) is 26.2. The molecule has 0 saturated carbocycles. The molecule has 0 saturated heterocycles. The molecule has 8 nitrogen and oxygen atoms in total. The Morgan fingerprint density at radius 1 is 0.824 bits per heavy atom. The van der Waals surface area contributed by atoms with Crippen molar-refractivity contribution in [3.05, 3.63) is 0 Å². The Balaban J connectivity index is -0.000000490. The molecule has 3 atom stereocenters. The van der Waals surface area contributed by atoms with Gasteiger partial charge in [0.2, 0.25) is 12.3 Å². The van der Waals surface area contributed by atoms with Crippen molar-refractivity contribution in [2.45, 2.75) is 98.6 Å². The van der Waals surface area contributed by atoms with Gasteiger partial charge < -0.3 is 9.80 Å². The Bertz CT molecular complexity index is 694. The summed E-state index contributed by atoms with van der Waals surface area (Å²) < 4.78 is 29.8. The molecule has 1 N–H and O–H groups in total. The fourth-order valence-corrected chi connectivity index (χ4v) is 3.25. The van der Waals surface area contributed by atoms with Crippen LogP contribution in [0.1, 0.15) is 83.1 Å². The fourth-order valence-electron chi connectivity index (χ4n) is 1.50. The summed E-state index contributed by atoms with van der Waals surface area (Å²) in [5, 5.41) is 0. The van der Waals surface area contributed by atoms with Gasteiger partial charge in [-0.15, -0.1) is 0 Å². The van der Waals surface area contributed by atoms with Crippen molar-refractivity contribution in [2.24, 2.45) is 15.2 Å². The summed E-state index contributed by atoms with van der Waals surface area (Å²) in [6.07, 6.45) is 2.51. The van der Waals surface area contributed by atoms with Crippen LogP contribution in [-0.4, -0.2) is 80.5 Å². The van der Waals surface area contributed by atoms with Crippen molar-refractivity contribution >= 4 is 40.5 Å². The van der Waals surface area contributed by atoms with Crippen LogP contribution in [0.25, 0.3) is 0 Å². The molecule has 204 valence electrons. The summed E-state index contributed by atoms with van der Waals surface area (Å²) in [6.45, 7) is 23.4. The van der Waals surface area contributed by atoms with Gasteiger partial charge in [0.15, 0.2) is 0 Å². The average molecular weight is 525 g/mol. The second-order valence-corrected chi connectivity index (χ2v) is 16.5. The molecule has 10 heteroatoms. The van der Waals surface area contributed by atoms with Crippen molar-refractivity contribution in [3.8, 4) is 0 Å². The van der Waals surface area contributed by atoms with Gasteiger partial charge in [0, 0.05) is 34.4 Å². The summed E-state index contributed by atoms with van der Waals surface area (Å²) in [6, 6.07) is -0.447. The van der Waals surface area contributed by atoms with E-state index in [1.165, 1.54) is 9.80 Å².